The topological polar surface area (TPSA) is 111 Å². The highest BCUT2D eigenvalue weighted by atomic mass is 28.4. The Morgan fingerprint density at radius 2 is 1.62 bits per heavy atom. The Balaban J connectivity index is 1.69. The molecule has 0 radical (unpaired) electrons. The summed E-state index contributed by atoms with van der Waals surface area (Å²) < 4.78 is 17.9. The van der Waals surface area contributed by atoms with Crippen molar-refractivity contribution in [2.75, 3.05) is 19.6 Å². The zero-order valence-corrected chi connectivity index (χ0v) is 25.7. The van der Waals surface area contributed by atoms with Crippen molar-refractivity contribution in [3.05, 3.63) is 39.9 Å². The van der Waals surface area contributed by atoms with Crippen LogP contribution in [-0.4, -0.2) is 72.6 Å². The molecule has 2 fully saturated rings. The van der Waals surface area contributed by atoms with Gasteiger partial charge in [-0.3, -0.25) is 10.1 Å². The minimum absolute atomic E-state index is 0.00646. The van der Waals surface area contributed by atoms with Gasteiger partial charge in [0.2, 0.25) is 0 Å². The number of hydrogen-bond acceptors (Lipinski definition) is 7. The van der Waals surface area contributed by atoms with Crippen LogP contribution in [0.25, 0.3) is 0 Å². The Labute approximate surface area is 233 Å². The van der Waals surface area contributed by atoms with Gasteiger partial charge in [0.05, 0.1) is 11.0 Å². The number of nitro benzene ring substituents is 1. The molecule has 2 aliphatic rings. The van der Waals surface area contributed by atoms with Gasteiger partial charge in [0.1, 0.15) is 12.2 Å². The second kappa shape index (κ2) is 11.8. The van der Waals surface area contributed by atoms with Crippen molar-refractivity contribution in [1.29, 1.82) is 0 Å². The molecule has 2 atom stereocenters. The third-order valence-electron chi connectivity index (χ3n) is 8.05. The number of hydrogen-bond donors (Lipinski definition) is 0. The number of carbonyl (C=O) groups is 2. The summed E-state index contributed by atoms with van der Waals surface area (Å²) in [5, 5.41) is 11.0. The molecule has 2 saturated heterocycles. The van der Waals surface area contributed by atoms with E-state index in [0.29, 0.717) is 25.2 Å². The van der Waals surface area contributed by atoms with Crippen molar-refractivity contribution < 1.29 is 28.4 Å². The molecule has 1 aromatic rings. The zero-order chi connectivity index (χ0) is 29.2. The fourth-order valence-corrected chi connectivity index (χ4v) is 6.25. The molecular weight excluding hydrogens is 518 g/mol. The van der Waals surface area contributed by atoms with Crippen LogP contribution in [0.5, 0.6) is 0 Å². The summed E-state index contributed by atoms with van der Waals surface area (Å²) in [6.45, 7) is 18.3. The highest BCUT2D eigenvalue weighted by Gasteiger charge is 2.46. The molecular formula is C28H45N3O7Si. The molecule has 10 nitrogen and oxygen atoms in total. The summed E-state index contributed by atoms with van der Waals surface area (Å²) >= 11 is 0. The molecule has 1 aromatic carbocycles. The van der Waals surface area contributed by atoms with Gasteiger partial charge < -0.3 is 23.7 Å². The predicted octanol–water partition coefficient (Wildman–Crippen LogP) is 6.34. The van der Waals surface area contributed by atoms with E-state index in [9.17, 15) is 19.7 Å². The third-order valence-corrected chi connectivity index (χ3v) is 12.6. The minimum Gasteiger partial charge on any atom is -0.445 e. The smallest absolute Gasteiger partial charge is 0.410 e. The first-order valence-corrected chi connectivity index (χ1v) is 16.7. The first kappa shape index (κ1) is 30.9. The molecule has 0 spiro atoms. The maximum Gasteiger partial charge on any atom is 0.410 e. The van der Waals surface area contributed by atoms with Gasteiger partial charge in [-0.2, -0.15) is 0 Å². The molecule has 0 saturated carbocycles. The molecule has 0 aromatic heterocycles. The number of non-ortho nitro benzene ring substituents is 1. The molecule has 0 bridgehead atoms. The van der Waals surface area contributed by atoms with Gasteiger partial charge in [0.15, 0.2) is 8.32 Å². The van der Waals surface area contributed by atoms with Crippen molar-refractivity contribution in [3.8, 4) is 0 Å². The maximum atomic E-state index is 13.4. The highest BCUT2D eigenvalue weighted by Crippen LogP contribution is 2.40. The van der Waals surface area contributed by atoms with Crippen LogP contribution in [0, 0.1) is 16.0 Å². The summed E-state index contributed by atoms with van der Waals surface area (Å²) in [7, 11) is -2.05. The Bertz CT molecular complexity index is 1030. The number of ether oxygens (including phenoxy) is 2. The Morgan fingerprint density at radius 1 is 1.03 bits per heavy atom. The Morgan fingerprint density at radius 3 is 2.13 bits per heavy atom. The second-order valence-electron chi connectivity index (χ2n) is 13.2. The summed E-state index contributed by atoms with van der Waals surface area (Å²) in [6.07, 6.45) is 1.48. The lowest BCUT2D eigenvalue weighted by Gasteiger charge is -2.38. The molecule has 39 heavy (non-hydrogen) atoms. The second-order valence-corrected chi connectivity index (χ2v) is 18.0. The fraction of sp³-hybridized carbons (Fsp3) is 0.714. The van der Waals surface area contributed by atoms with Gasteiger partial charge in [-0.05, 0) is 81.8 Å². The van der Waals surface area contributed by atoms with Crippen molar-refractivity contribution in [1.82, 2.24) is 9.80 Å². The molecule has 2 heterocycles. The summed E-state index contributed by atoms with van der Waals surface area (Å²) in [6, 6.07) is 5.96. The van der Waals surface area contributed by atoms with E-state index in [1.54, 1.807) is 21.9 Å². The summed E-state index contributed by atoms with van der Waals surface area (Å²) in [5.41, 5.74) is 0.134. The first-order chi connectivity index (χ1) is 18.0. The van der Waals surface area contributed by atoms with E-state index in [0.717, 1.165) is 19.3 Å². The van der Waals surface area contributed by atoms with Crippen molar-refractivity contribution >= 4 is 26.2 Å². The van der Waals surface area contributed by atoms with Crippen LogP contribution >= 0.6 is 0 Å². The number of nitrogens with zero attached hydrogens (tertiary/aromatic N) is 3. The fourth-order valence-electron chi connectivity index (χ4n) is 4.90. The number of amides is 2. The van der Waals surface area contributed by atoms with E-state index in [-0.39, 0.29) is 41.5 Å². The summed E-state index contributed by atoms with van der Waals surface area (Å²) in [5.74, 6) is 0.212. The third kappa shape index (κ3) is 8.17. The first-order valence-electron chi connectivity index (χ1n) is 13.8. The molecule has 0 N–H and O–H groups in total. The van der Waals surface area contributed by atoms with Crippen LogP contribution in [0.1, 0.15) is 66.4 Å². The van der Waals surface area contributed by atoms with Crippen LogP contribution < -0.4 is 0 Å². The molecule has 11 heteroatoms. The van der Waals surface area contributed by atoms with E-state index in [1.165, 1.54) is 12.1 Å². The van der Waals surface area contributed by atoms with Gasteiger partial charge in [-0.15, -0.1) is 0 Å². The number of nitro groups is 1. The molecule has 2 amide bonds. The molecule has 0 aliphatic carbocycles. The SMILES string of the molecule is CC(C)(C)OC(=O)N1CCC([C@@H]2C[C@@H](O[Si](C)(C)C(C)(C)C)CN2C(=O)OCc2ccc([N+](=O)[O-])cc2)CC1. The van der Waals surface area contributed by atoms with E-state index >= 15 is 0 Å². The lowest BCUT2D eigenvalue weighted by atomic mass is 9.88. The van der Waals surface area contributed by atoms with Crippen LogP contribution in [0.2, 0.25) is 18.1 Å². The van der Waals surface area contributed by atoms with E-state index in [4.69, 9.17) is 13.9 Å². The molecule has 2 aliphatic heterocycles. The molecule has 0 unspecified atom stereocenters. The van der Waals surface area contributed by atoms with Crippen LogP contribution in [0.3, 0.4) is 0 Å². The number of piperidine rings is 1. The van der Waals surface area contributed by atoms with Crippen molar-refractivity contribution in [3.63, 3.8) is 0 Å². The summed E-state index contributed by atoms with van der Waals surface area (Å²) in [4.78, 5) is 39.9. The average molecular weight is 564 g/mol. The molecule has 218 valence electrons. The van der Waals surface area contributed by atoms with Crippen LogP contribution in [0.15, 0.2) is 24.3 Å². The normalized spacial score (nSPS) is 21.1. The van der Waals surface area contributed by atoms with E-state index in [2.05, 4.69) is 33.9 Å². The average Bonchev–Trinajstić information content (AvgIpc) is 3.24. The lowest BCUT2D eigenvalue weighted by molar-refractivity contribution is -0.384. The van der Waals surface area contributed by atoms with Gasteiger partial charge in [-0.25, -0.2) is 9.59 Å². The minimum atomic E-state index is -2.05. The number of benzene rings is 1. The monoisotopic (exact) mass is 563 g/mol. The van der Waals surface area contributed by atoms with Crippen molar-refractivity contribution in [2.45, 2.75) is 103 Å². The standard InChI is InChI=1S/C28H45N3O7Si/c1-27(2,3)37-25(32)29-15-13-21(14-16-29)24-17-23(38-39(7,8)28(4,5)6)18-30(24)26(33)36-19-20-9-11-22(12-10-20)31(34)35/h9-12,21,23-24H,13-19H2,1-8H3/t23-,24+/m1/s1. The largest absolute Gasteiger partial charge is 0.445 e. The number of rotatable bonds is 6. The quantitative estimate of drug-likeness (QED) is 0.225. The Kier molecular flexibility index (Phi) is 9.37. The van der Waals surface area contributed by atoms with Gasteiger partial charge in [-0.1, -0.05) is 20.8 Å². The van der Waals surface area contributed by atoms with Gasteiger partial charge >= 0.3 is 12.2 Å². The number of likely N-dealkylation sites (tertiary alicyclic amines) is 2. The lowest BCUT2D eigenvalue weighted by Crippen LogP contribution is -2.47. The van der Waals surface area contributed by atoms with Gasteiger partial charge in [0, 0.05) is 37.8 Å². The van der Waals surface area contributed by atoms with E-state index in [1.807, 2.05) is 20.8 Å². The van der Waals surface area contributed by atoms with Crippen LogP contribution in [-0.2, 0) is 20.5 Å². The molecule has 3 rings (SSSR count). The van der Waals surface area contributed by atoms with Crippen molar-refractivity contribution in [2.24, 2.45) is 5.92 Å². The zero-order valence-electron chi connectivity index (χ0n) is 24.7. The maximum absolute atomic E-state index is 13.4. The van der Waals surface area contributed by atoms with E-state index < -0.39 is 24.9 Å². The Hall–Kier alpha value is -2.66. The number of carbonyl (C=O) groups excluding carboxylic acids is 2. The highest BCUT2D eigenvalue weighted by molar-refractivity contribution is 6.74. The van der Waals surface area contributed by atoms with Crippen LogP contribution in [0.4, 0.5) is 15.3 Å². The van der Waals surface area contributed by atoms with Gasteiger partial charge in [0.25, 0.3) is 5.69 Å². The predicted molar refractivity (Wildman–Crippen MR) is 151 cm³/mol.